The van der Waals surface area contributed by atoms with E-state index in [0.29, 0.717) is 11.0 Å². The standard InChI is InChI=1S/C18H29BN2O5/c1-16(2,3)24-15(23)20-10-12-9-14(22)21(8)11-13(12)19-25-17(4,5)18(6,7)26-19/h9,11H,10H2,1-8H3,(H,20,23). The van der Waals surface area contributed by atoms with E-state index in [-0.39, 0.29) is 12.1 Å². The summed E-state index contributed by atoms with van der Waals surface area (Å²) in [6.07, 6.45) is 1.15. The first kappa shape index (κ1) is 20.5. The second-order valence-corrected chi connectivity index (χ2v) is 8.65. The number of hydrogen-bond acceptors (Lipinski definition) is 5. The Morgan fingerprint density at radius 1 is 1.23 bits per heavy atom. The minimum absolute atomic E-state index is 0.143. The summed E-state index contributed by atoms with van der Waals surface area (Å²) in [5.41, 5.74) is -0.416. The first-order chi connectivity index (χ1) is 11.7. The van der Waals surface area contributed by atoms with Crippen molar-refractivity contribution in [3.05, 3.63) is 28.2 Å². The van der Waals surface area contributed by atoms with E-state index in [2.05, 4.69) is 5.32 Å². The van der Waals surface area contributed by atoms with Crippen LogP contribution in [0.4, 0.5) is 4.79 Å². The van der Waals surface area contributed by atoms with Gasteiger partial charge in [0.15, 0.2) is 0 Å². The van der Waals surface area contributed by atoms with Crippen molar-refractivity contribution in [1.29, 1.82) is 0 Å². The third-order valence-corrected chi connectivity index (χ3v) is 4.68. The smallest absolute Gasteiger partial charge is 0.444 e. The van der Waals surface area contributed by atoms with Gasteiger partial charge >= 0.3 is 13.2 Å². The van der Waals surface area contributed by atoms with Crippen molar-refractivity contribution in [2.24, 2.45) is 7.05 Å². The van der Waals surface area contributed by atoms with Gasteiger partial charge in [-0.25, -0.2) is 4.79 Å². The van der Waals surface area contributed by atoms with Gasteiger partial charge in [0.2, 0.25) is 0 Å². The predicted molar refractivity (Wildman–Crippen MR) is 100 cm³/mol. The molecule has 1 fully saturated rings. The molecule has 1 aliphatic rings. The molecule has 2 heterocycles. The largest absolute Gasteiger partial charge is 0.496 e. The highest BCUT2D eigenvalue weighted by molar-refractivity contribution is 6.62. The van der Waals surface area contributed by atoms with Crippen LogP contribution >= 0.6 is 0 Å². The number of carbonyl (C=O) groups excluding carboxylic acids is 1. The highest BCUT2D eigenvalue weighted by atomic mass is 16.7. The van der Waals surface area contributed by atoms with Gasteiger partial charge in [0.25, 0.3) is 5.56 Å². The lowest BCUT2D eigenvalue weighted by molar-refractivity contribution is 0.00578. The second kappa shape index (κ2) is 6.74. The van der Waals surface area contributed by atoms with Crippen LogP contribution in [0.15, 0.2) is 17.1 Å². The maximum atomic E-state index is 12.1. The molecule has 1 amide bonds. The molecule has 0 unspecified atom stereocenters. The summed E-state index contributed by atoms with van der Waals surface area (Å²) in [7, 11) is 1.05. The van der Waals surface area contributed by atoms with Crippen LogP contribution in [0.25, 0.3) is 0 Å². The van der Waals surface area contributed by atoms with Crippen molar-refractivity contribution in [1.82, 2.24) is 9.88 Å². The molecule has 0 bridgehead atoms. The Bertz CT molecular complexity index is 733. The third-order valence-electron chi connectivity index (χ3n) is 4.68. The van der Waals surface area contributed by atoms with Crippen LogP contribution in [0.3, 0.4) is 0 Å². The van der Waals surface area contributed by atoms with Gasteiger partial charge in [0.1, 0.15) is 5.60 Å². The van der Waals surface area contributed by atoms with E-state index in [1.54, 1.807) is 34.0 Å². The van der Waals surface area contributed by atoms with E-state index in [0.717, 1.165) is 0 Å². The minimum atomic E-state index is -0.623. The fourth-order valence-electron chi connectivity index (χ4n) is 2.51. The molecule has 1 N–H and O–H groups in total. The zero-order chi connectivity index (χ0) is 19.9. The zero-order valence-electron chi connectivity index (χ0n) is 16.9. The Kier molecular flexibility index (Phi) is 5.32. The molecule has 1 saturated heterocycles. The van der Waals surface area contributed by atoms with Crippen LogP contribution in [-0.4, -0.2) is 34.6 Å². The maximum Gasteiger partial charge on any atom is 0.496 e. The van der Waals surface area contributed by atoms with Gasteiger partial charge in [-0.1, -0.05) is 0 Å². The molecule has 26 heavy (non-hydrogen) atoms. The van der Waals surface area contributed by atoms with Gasteiger partial charge in [-0.3, -0.25) is 4.79 Å². The summed E-state index contributed by atoms with van der Waals surface area (Å²) >= 11 is 0. The molecule has 0 spiro atoms. The van der Waals surface area contributed by atoms with E-state index in [4.69, 9.17) is 14.0 Å². The van der Waals surface area contributed by atoms with Crippen molar-refractivity contribution in [3.8, 4) is 0 Å². The molecule has 144 valence electrons. The average molecular weight is 364 g/mol. The Morgan fingerprint density at radius 2 is 1.77 bits per heavy atom. The maximum absolute atomic E-state index is 12.1. The summed E-state index contributed by atoms with van der Waals surface area (Å²) in [5, 5.41) is 2.69. The van der Waals surface area contributed by atoms with E-state index in [1.807, 2.05) is 27.7 Å². The number of nitrogens with one attached hydrogen (secondary N) is 1. The third kappa shape index (κ3) is 4.48. The van der Waals surface area contributed by atoms with Crippen LogP contribution in [-0.2, 0) is 27.6 Å². The van der Waals surface area contributed by atoms with Gasteiger partial charge in [-0.2, -0.15) is 0 Å². The van der Waals surface area contributed by atoms with Crippen LogP contribution in [0.2, 0.25) is 0 Å². The van der Waals surface area contributed by atoms with E-state index in [9.17, 15) is 9.59 Å². The van der Waals surface area contributed by atoms with Gasteiger partial charge < -0.3 is 23.9 Å². The van der Waals surface area contributed by atoms with Crippen molar-refractivity contribution in [2.75, 3.05) is 0 Å². The normalized spacial score (nSPS) is 18.7. The molecule has 7 nitrogen and oxygen atoms in total. The number of rotatable bonds is 3. The lowest BCUT2D eigenvalue weighted by Crippen LogP contribution is -2.42. The monoisotopic (exact) mass is 364 g/mol. The van der Waals surface area contributed by atoms with Crippen molar-refractivity contribution in [3.63, 3.8) is 0 Å². The van der Waals surface area contributed by atoms with Gasteiger partial charge in [-0.15, -0.1) is 0 Å². The van der Waals surface area contributed by atoms with Crippen LogP contribution < -0.4 is 16.3 Å². The summed E-state index contributed by atoms with van der Waals surface area (Å²) < 4.78 is 18.9. The summed E-state index contributed by atoms with van der Waals surface area (Å²) in [5.74, 6) is 0. The fourth-order valence-corrected chi connectivity index (χ4v) is 2.51. The molecular formula is C18H29BN2O5. The highest BCUT2D eigenvalue weighted by Crippen LogP contribution is 2.36. The molecule has 0 atom stereocenters. The van der Waals surface area contributed by atoms with E-state index in [1.165, 1.54) is 10.6 Å². The minimum Gasteiger partial charge on any atom is -0.444 e. The predicted octanol–water partition coefficient (Wildman–Crippen LogP) is 1.71. The molecular weight excluding hydrogens is 335 g/mol. The molecule has 1 aromatic heterocycles. The highest BCUT2D eigenvalue weighted by Gasteiger charge is 2.52. The lowest BCUT2D eigenvalue weighted by atomic mass is 9.77. The fraction of sp³-hybridized carbons (Fsp3) is 0.667. The molecule has 0 aliphatic carbocycles. The number of nitrogens with zero attached hydrogens (tertiary/aromatic N) is 1. The van der Waals surface area contributed by atoms with Crippen molar-refractivity contribution < 1.29 is 18.8 Å². The number of carbonyl (C=O) groups is 1. The number of ether oxygens (including phenoxy) is 1. The number of alkyl carbamates (subject to hydrolysis) is 1. The molecule has 0 aromatic carbocycles. The van der Waals surface area contributed by atoms with Gasteiger partial charge in [0, 0.05) is 31.3 Å². The van der Waals surface area contributed by atoms with E-state index < -0.39 is 30.0 Å². The van der Waals surface area contributed by atoms with Crippen LogP contribution in [0.5, 0.6) is 0 Å². The first-order valence-corrected chi connectivity index (χ1v) is 8.74. The van der Waals surface area contributed by atoms with Crippen LogP contribution in [0.1, 0.15) is 54.0 Å². The number of amides is 1. The Labute approximate surface area is 155 Å². The molecule has 8 heteroatoms. The molecule has 2 rings (SSSR count). The quantitative estimate of drug-likeness (QED) is 0.827. The van der Waals surface area contributed by atoms with Crippen LogP contribution in [0, 0.1) is 0 Å². The number of pyridine rings is 1. The summed E-state index contributed by atoms with van der Waals surface area (Å²) in [6.45, 7) is 13.4. The van der Waals surface area contributed by atoms with Crippen molar-refractivity contribution in [2.45, 2.75) is 71.8 Å². The molecule has 1 aliphatic heterocycles. The topological polar surface area (TPSA) is 78.8 Å². The molecule has 0 saturated carbocycles. The molecule has 1 aromatic rings. The molecule has 0 radical (unpaired) electrons. The van der Waals surface area contributed by atoms with Gasteiger partial charge in [-0.05, 0) is 54.0 Å². The van der Waals surface area contributed by atoms with Crippen molar-refractivity contribution >= 4 is 18.7 Å². The Hall–Kier alpha value is -1.80. The Morgan fingerprint density at radius 3 is 2.27 bits per heavy atom. The average Bonchev–Trinajstić information content (AvgIpc) is 2.66. The van der Waals surface area contributed by atoms with Gasteiger partial charge in [0.05, 0.1) is 11.2 Å². The summed E-state index contributed by atoms with van der Waals surface area (Å²) in [4.78, 5) is 24.0. The number of hydrogen-bond donors (Lipinski definition) is 1. The number of aryl methyl sites for hydroxylation is 1. The zero-order valence-corrected chi connectivity index (χ0v) is 16.9. The lowest BCUT2D eigenvalue weighted by Gasteiger charge is -2.32. The SMILES string of the molecule is Cn1cc(B2OC(C)(C)C(C)(C)O2)c(CNC(=O)OC(C)(C)C)cc1=O. The second-order valence-electron chi connectivity index (χ2n) is 8.65. The number of aromatic nitrogens is 1. The Balaban J connectivity index is 2.26. The van der Waals surface area contributed by atoms with E-state index >= 15 is 0 Å². The first-order valence-electron chi connectivity index (χ1n) is 8.74. The summed E-state index contributed by atoms with van der Waals surface area (Å²) in [6, 6.07) is 1.48.